The Labute approximate surface area is 445 Å². The average Bonchev–Trinajstić information content (AvgIpc) is 3.38. The highest BCUT2D eigenvalue weighted by atomic mass is 16.6. The first-order valence-corrected chi connectivity index (χ1v) is 30.2. The van der Waals surface area contributed by atoms with Crippen LogP contribution < -0.4 is 0 Å². The zero-order chi connectivity index (χ0) is 52.2. The van der Waals surface area contributed by atoms with Gasteiger partial charge in [0.2, 0.25) is 0 Å². The van der Waals surface area contributed by atoms with Crippen LogP contribution in [-0.2, 0) is 28.6 Å². The molecule has 0 fully saturated rings. The van der Waals surface area contributed by atoms with Gasteiger partial charge in [-0.1, -0.05) is 266 Å². The molecule has 0 aromatic heterocycles. The monoisotopic (exact) mass is 1000 g/mol. The summed E-state index contributed by atoms with van der Waals surface area (Å²) in [6, 6.07) is 0. The van der Waals surface area contributed by atoms with Gasteiger partial charge in [-0.25, -0.2) is 0 Å². The minimum absolute atomic E-state index is 0.0987. The van der Waals surface area contributed by atoms with Crippen LogP contribution >= 0.6 is 0 Å². The van der Waals surface area contributed by atoms with Crippen LogP contribution in [0.15, 0.2) is 97.2 Å². The van der Waals surface area contributed by atoms with E-state index in [2.05, 4.69) is 118 Å². The third kappa shape index (κ3) is 57.2. The molecule has 412 valence electrons. The van der Waals surface area contributed by atoms with Crippen molar-refractivity contribution in [2.24, 2.45) is 0 Å². The van der Waals surface area contributed by atoms with Crippen molar-refractivity contribution in [2.75, 3.05) is 13.2 Å². The quantitative estimate of drug-likeness (QED) is 0.0261. The van der Waals surface area contributed by atoms with Gasteiger partial charge >= 0.3 is 17.9 Å². The summed E-state index contributed by atoms with van der Waals surface area (Å²) in [5.41, 5.74) is 0. The Morgan fingerprint density at radius 2 is 0.556 bits per heavy atom. The van der Waals surface area contributed by atoms with Gasteiger partial charge in [-0.2, -0.15) is 0 Å². The van der Waals surface area contributed by atoms with Crippen molar-refractivity contribution >= 4 is 17.9 Å². The second-order valence-electron chi connectivity index (χ2n) is 19.9. The van der Waals surface area contributed by atoms with E-state index in [0.29, 0.717) is 19.3 Å². The minimum Gasteiger partial charge on any atom is -0.462 e. The maximum absolute atomic E-state index is 12.8. The number of allylic oxidation sites excluding steroid dienone is 16. The van der Waals surface area contributed by atoms with Crippen molar-refractivity contribution in [3.05, 3.63) is 97.2 Å². The van der Waals surface area contributed by atoms with Crippen LogP contribution in [0.1, 0.15) is 284 Å². The summed E-state index contributed by atoms with van der Waals surface area (Å²) in [6.45, 7) is 6.45. The first-order valence-electron chi connectivity index (χ1n) is 30.2. The largest absolute Gasteiger partial charge is 0.462 e. The highest BCUT2D eigenvalue weighted by molar-refractivity contribution is 5.71. The molecule has 0 N–H and O–H groups in total. The predicted octanol–water partition coefficient (Wildman–Crippen LogP) is 20.5. The van der Waals surface area contributed by atoms with E-state index in [1.807, 2.05) is 0 Å². The topological polar surface area (TPSA) is 78.9 Å². The standard InChI is InChI=1S/C66H112O6/c1-4-7-10-13-16-19-21-23-25-27-28-29-30-31-32-33-34-35-36-37-38-40-41-43-45-47-50-53-56-59-65(68)71-62-63(61-70-64(67)58-55-52-49-18-15-12-9-6-3)72-66(69)60-57-54-51-48-46-44-42-39-26-24-22-20-17-14-11-8-5-2/h8,11,17,20-21,23-24,26-28,30-31,42,44,48,51,63H,4-7,9-10,12-16,18-19,22,25,29,32-41,43,45-47,49-50,52-62H2,1-3H3/b11-8-,20-17-,23-21-,26-24-,28-27-,31-30-,44-42-,51-48-. The molecule has 0 rings (SSSR count). The molecule has 0 aliphatic heterocycles. The second kappa shape index (κ2) is 59.9. The summed E-state index contributed by atoms with van der Waals surface area (Å²) < 4.78 is 16.8. The van der Waals surface area contributed by atoms with Gasteiger partial charge in [-0.05, 0) is 96.3 Å². The molecule has 6 heteroatoms. The molecular formula is C66H112O6. The van der Waals surface area contributed by atoms with Crippen LogP contribution in [-0.4, -0.2) is 37.2 Å². The van der Waals surface area contributed by atoms with E-state index in [-0.39, 0.29) is 37.5 Å². The average molecular weight is 1000 g/mol. The van der Waals surface area contributed by atoms with Crippen LogP contribution in [0.2, 0.25) is 0 Å². The van der Waals surface area contributed by atoms with Crippen LogP contribution in [0.4, 0.5) is 0 Å². The molecule has 0 aromatic rings. The third-order valence-corrected chi connectivity index (χ3v) is 12.8. The molecule has 0 radical (unpaired) electrons. The van der Waals surface area contributed by atoms with Gasteiger partial charge in [0.1, 0.15) is 13.2 Å². The van der Waals surface area contributed by atoms with Crippen LogP contribution in [0.3, 0.4) is 0 Å². The lowest BCUT2D eigenvalue weighted by Gasteiger charge is -2.18. The van der Waals surface area contributed by atoms with E-state index < -0.39 is 6.10 Å². The molecule has 0 aromatic carbocycles. The van der Waals surface area contributed by atoms with Gasteiger partial charge in [0, 0.05) is 19.3 Å². The molecule has 0 saturated carbocycles. The highest BCUT2D eigenvalue weighted by Gasteiger charge is 2.19. The zero-order valence-electron chi connectivity index (χ0n) is 47.2. The Kier molecular flexibility index (Phi) is 56.8. The Hall–Kier alpha value is -3.67. The third-order valence-electron chi connectivity index (χ3n) is 12.8. The van der Waals surface area contributed by atoms with E-state index in [1.54, 1.807) is 0 Å². The van der Waals surface area contributed by atoms with E-state index in [1.165, 1.54) is 148 Å². The highest BCUT2D eigenvalue weighted by Crippen LogP contribution is 2.16. The molecule has 0 bridgehead atoms. The number of hydrogen-bond acceptors (Lipinski definition) is 6. The van der Waals surface area contributed by atoms with E-state index >= 15 is 0 Å². The Bertz CT molecular complexity index is 1430. The van der Waals surface area contributed by atoms with Crippen molar-refractivity contribution < 1.29 is 28.6 Å². The van der Waals surface area contributed by atoms with Crippen molar-refractivity contribution in [3.63, 3.8) is 0 Å². The number of unbranched alkanes of at least 4 members (excludes halogenated alkanes) is 27. The van der Waals surface area contributed by atoms with Crippen molar-refractivity contribution in [2.45, 2.75) is 290 Å². The minimum atomic E-state index is -0.805. The molecule has 0 spiro atoms. The zero-order valence-corrected chi connectivity index (χ0v) is 47.2. The first-order chi connectivity index (χ1) is 35.5. The lowest BCUT2D eigenvalue weighted by atomic mass is 10.0. The lowest BCUT2D eigenvalue weighted by molar-refractivity contribution is -0.167. The summed E-state index contributed by atoms with van der Waals surface area (Å²) in [5.74, 6) is -0.959. The van der Waals surface area contributed by atoms with Crippen molar-refractivity contribution in [3.8, 4) is 0 Å². The summed E-state index contributed by atoms with van der Waals surface area (Å²) >= 11 is 0. The smallest absolute Gasteiger partial charge is 0.306 e. The molecule has 72 heavy (non-hydrogen) atoms. The van der Waals surface area contributed by atoms with Crippen LogP contribution in [0.25, 0.3) is 0 Å². The molecule has 1 unspecified atom stereocenters. The molecule has 0 aliphatic carbocycles. The molecule has 0 saturated heterocycles. The maximum Gasteiger partial charge on any atom is 0.306 e. The molecule has 0 amide bonds. The molecular weight excluding hydrogens is 889 g/mol. The van der Waals surface area contributed by atoms with Gasteiger partial charge < -0.3 is 14.2 Å². The second-order valence-corrected chi connectivity index (χ2v) is 19.9. The van der Waals surface area contributed by atoms with Crippen molar-refractivity contribution in [1.82, 2.24) is 0 Å². The number of carbonyl (C=O) groups excluding carboxylic acids is 3. The normalized spacial score (nSPS) is 12.8. The number of ether oxygens (including phenoxy) is 3. The van der Waals surface area contributed by atoms with Gasteiger partial charge in [0.25, 0.3) is 0 Å². The van der Waals surface area contributed by atoms with Crippen molar-refractivity contribution in [1.29, 1.82) is 0 Å². The van der Waals surface area contributed by atoms with Gasteiger partial charge in [-0.15, -0.1) is 0 Å². The lowest BCUT2D eigenvalue weighted by Crippen LogP contribution is -2.30. The SMILES string of the molecule is CC/C=C\C/C=C\C/C=C\C/C=C\C/C=C\CCCC(=O)OC(COC(=O)CCCCCCCCCC)COC(=O)CCCCCCCCCCCCCCCC/C=C\C/C=C\C/C=C\CCCCCCC. The molecule has 0 heterocycles. The fourth-order valence-corrected chi connectivity index (χ4v) is 8.31. The summed E-state index contributed by atoms with van der Waals surface area (Å²) in [7, 11) is 0. The Morgan fingerprint density at radius 3 is 0.889 bits per heavy atom. The summed E-state index contributed by atoms with van der Waals surface area (Å²) in [6.07, 6.45) is 80.1. The van der Waals surface area contributed by atoms with E-state index in [4.69, 9.17) is 14.2 Å². The fourth-order valence-electron chi connectivity index (χ4n) is 8.31. The Balaban J connectivity index is 4.19. The fraction of sp³-hybridized carbons (Fsp3) is 0.712. The van der Waals surface area contributed by atoms with Crippen LogP contribution in [0, 0.1) is 0 Å². The maximum atomic E-state index is 12.8. The van der Waals surface area contributed by atoms with E-state index in [9.17, 15) is 14.4 Å². The summed E-state index contributed by atoms with van der Waals surface area (Å²) in [5, 5.41) is 0. The number of esters is 3. The summed E-state index contributed by atoms with van der Waals surface area (Å²) in [4.78, 5) is 38.0. The van der Waals surface area contributed by atoms with Crippen LogP contribution in [0.5, 0.6) is 0 Å². The number of carbonyl (C=O) groups is 3. The number of rotatable bonds is 54. The number of hydrogen-bond donors (Lipinski definition) is 0. The van der Waals surface area contributed by atoms with Gasteiger partial charge in [-0.3, -0.25) is 14.4 Å². The molecule has 6 nitrogen and oxygen atoms in total. The van der Waals surface area contributed by atoms with Gasteiger partial charge in [0.15, 0.2) is 6.10 Å². The Morgan fingerprint density at radius 1 is 0.292 bits per heavy atom. The predicted molar refractivity (Wildman–Crippen MR) is 311 cm³/mol. The molecule has 1 atom stereocenters. The van der Waals surface area contributed by atoms with E-state index in [0.717, 1.165) is 89.9 Å². The van der Waals surface area contributed by atoms with Gasteiger partial charge in [0.05, 0.1) is 0 Å². The molecule has 0 aliphatic rings. The first kappa shape index (κ1) is 68.3.